The third-order valence-corrected chi connectivity index (χ3v) is 2.99. The number of pyridine rings is 1. The molecule has 0 atom stereocenters. The van der Waals surface area contributed by atoms with Gasteiger partial charge in [0, 0.05) is 33.0 Å². The van der Waals surface area contributed by atoms with Crippen molar-refractivity contribution >= 4 is 11.9 Å². The number of nitrogens with one attached hydrogen (secondary N) is 1. The Bertz CT molecular complexity index is 606. The van der Waals surface area contributed by atoms with Gasteiger partial charge >= 0.3 is 5.97 Å². The van der Waals surface area contributed by atoms with Crippen molar-refractivity contribution in [3.8, 4) is 5.75 Å². The monoisotopic (exact) mass is 312 g/mol. The zero-order chi connectivity index (χ0) is 16.7. The summed E-state index contributed by atoms with van der Waals surface area (Å²) in [5.74, 6) is -1.29. The van der Waals surface area contributed by atoms with Gasteiger partial charge in [0.2, 0.25) is 5.43 Å². The summed E-state index contributed by atoms with van der Waals surface area (Å²) in [6.07, 6.45) is 1.32. The molecule has 0 unspecified atom stereocenters. The van der Waals surface area contributed by atoms with Crippen LogP contribution in [0.2, 0.25) is 0 Å². The molecule has 0 aromatic carbocycles. The molecule has 0 saturated heterocycles. The van der Waals surface area contributed by atoms with Crippen LogP contribution in [0, 0.1) is 0 Å². The van der Waals surface area contributed by atoms with Gasteiger partial charge in [0.15, 0.2) is 11.4 Å². The molecule has 0 aliphatic carbocycles. The Morgan fingerprint density at radius 3 is 2.45 bits per heavy atom. The fourth-order valence-electron chi connectivity index (χ4n) is 1.87. The van der Waals surface area contributed by atoms with Crippen LogP contribution in [0.1, 0.15) is 27.8 Å². The van der Waals surface area contributed by atoms with Gasteiger partial charge in [0.25, 0.3) is 5.91 Å². The van der Waals surface area contributed by atoms with Gasteiger partial charge in [0.05, 0.1) is 14.2 Å². The van der Waals surface area contributed by atoms with Crippen molar-refractivity contribution < 1.29 is 23.8 Å². The average molecular weight is 312 g/mol. The van der Waals surface area contributed by atoms with Crippen molar-refractivity contribution in [2.24, 2.45) is 0 Å². The molecule has 1 aliphatic heterocycles. The molecular weight excluding hydrogens is 292 g/mol. The highest BCUT2D eigenvalue weighted by molar-refractivity contribution is 5.97. The Hall–Kier alpha value is -2.35. The van der Waals surface area contributed by atoms with E-state index in [4.69, 9.17) is 4.74 Å². The van der Waals surface area contributed by atoms with E-state index in [0.717, 1.165) is 6.61 Å². The van der Waals surface area contributed by atoms with Gasteiger partial charge in [0.1, 0.15) is 5.56 Å². The quantitative estimate of drug-likeness (QED) is 0.792. The maximum absolute atomic E-state index is 12.0. The first kappa shape index (κ1) is 17.7. The second-order valence-electron chi connectivity index (χ2n) is 4.27. The fourth-order valence-corrected chi connectivity index (χ4v) is 1.87. The highest BCUT2D eigenvalue weighted by atomic mass is 16.5. The molecule has 2 heterocycles. The van der Waals surface area contributed by atoms with Crippen molar-refractivity contribution in [3.05, 3.63) is 27.7 Å². The van der Waals surface area contributed by atoms with E-state index in [9.17, 15) is 14.4 Å². The van der Waals surface area contributed by atoms with Gasteiger partial charge < -0.3 is 24.1 Å². The average Bonchev–Trinajstić information content (AvgIpc) is 2.54. The summed E-state index contributed by atoms with van der Waals surface area (Å²) in [5, 5.41) is 2.61. The van der Waals surface area contributed by atoms with Crippen LogP contribution >= 0.6 is 0 Å². The van der Waals surface area contributed by atoms with E-state index in [2.05, 4.69) is 14.8 Å². The first-order chi connectivity index (χ1) is 10.5. The molecule has 0 radical (unpaired) electrons. The standard InChI is InChI=1S/C11H12N2O5.C3H8O/c1-17-9-7-10(15)12-3-4-13(7)5-6(8(9)14)11(16)18-2;1-3-4-2/h5H,3-4H2,1-2H3,(H,12,15);3H2,1-2H3. The zero-order valence-electron chi connectivity index (χ0n) is 13.1. The topological polar surface area (TPSA) is 95.9 Å². The summed E-state index contributed by atoms with van der Waals surface area (Å²) in [6, 6.07) is 0. The van der Waals surface area contributed by atoms with Gasteiger partial charge in [-0.05, 0) is 6.92 Å². The minimum atomic E-state index is -0.750. The predicted molar refractivity (Wildman–Crippen MR) is 78.5 cm³/mol. The largest absolute Gasteiger partial charge is 0.491 e. The number of aromatic nitrogens is 1. The second-order valence-corrected chi connectivity index (χ2v) is 4.27. The van der Waals surface area contributed by atoms with Crippen LogP contribution in [0.25, 0.3) is 0 Å². The molecule has 1 aromatic rings. The van der Waals surface area contributed by atoms with E-state index in [1.165, 1.54) is 25.0 Å². The first-order valence-electron chi connectivity index (χ1n) is 6.68. The minimum absolute atomic E-state index is 0.126. The SMILES string of the molecule is CCOC.COC(=O)c1cn2c(c(OC)c1=O)C(=O)NCC2. The molecule has 0 saturated carbocycles. The van der Waals surface area contributed by atoms with Crippen LogP contribution in [0.5, 0.6) is 5.75 Å². The fraction of sp³-hybridized carbons (Fsp3) is 0.500. The number of hydrogen-bond donors (Lipinski definition) is 1. The van der Waals surface area contributed by atoms with Crippen LogP contribution < -0.4 is 15.5 Å². The number of carbonyl (C=O) groups excluding carboxylic acids is 2. The summed E-state index contributed by atoms with van der Waals surface area (Å²) in [6.45, 7) is 3.67. The molecular formula is C14H20N2O6. The summed E-state index contributed by atoms with van der Waals surface area (Å²) < 4.78 is 15.5. The Kier molecular flexibility index (Phi) is 6.58. The number of methoxy groups -OCH3 is 3. The van der Waals surface area contributed by atoms with E-state index in [1.807, 2.05) is 6.92 Å². The number of rotatable bonds is 3. The lowest BCUT2D eigenvalue weighted by Gasteiger charge is -2.21. The molecule has 0 bridgehead atoms. The molecule has 8 nitrogen and oxygen atoms in total. The van der Waals surface area contributed by atoms with Crippen LogP contribution in [0.4, 0.5) is 0 Å². The number of amides is 1. The Balaban J connectivity index is 0.000000541. The number of esters is 1. The lowest BCUT2D eigenvalue weighted by atomic mass is 10.1. The number of hydrogen-bond acceptors (Lipinski definition) is 6. The van der Waals surface area contributed by atoms with Gasteiger partial charge in [-0.3, -0.25) is 9.59 Å². The maximum atomic E-state index is 12.0. The van der Waals surface area contributed by atoms with Gasteiger partial charge in [-0.25, -0.2) is 4.79 Å². The number of nitrogens with zero attached hydrogens (tertiary/aromatic N) is 1. The van der Waals surface area contributed by atoms with E-state index in [-0.39, 0.29) is 17.0 Å². The maximum Gasteiger partial charge on any atom is 0.343 e. The summed E-state index contributed by atoms with van der Waals surface area (Å²) in [5.41, 5.74) is -0.665. The highest BCUT2D eigenvalue weighted by Crippen LogP contribution is 2.17. The summed E-state index contributed by atoms with van der Waals surface area (Å²) in [4.78, 5) is 35.2. The lowest BCUT2D eigenvalue weighted by Crippen LogP contribution is -2.39. The molecule has 0 spiro atoms. The third kappa shape index (κ3) is 3.64. The molecule has 122 valence electrons. The molecule has 1 N–H and O–H groups in total. The van der Waals surface area contributed by atoms with E-state index < -0.39 is 17.3 Å². The second kappa shape index (κ2) is 8.18. The number of fused-ring (bicyclic) bond motifs is 1. The van der Waals surface area contributed by atoms with Crippen LogP contribution in [0.15, 0.2) is 11.0 Å². The highest BCUT2D eigenvalue weighted by Gasteiger charge is 2.27. The molecule has 0 fully saturated rings. The van der Waals surface area contributed by atoms with Crippen LogP contribution in [0.3, 0.4) is 0 Å². The van der Waals surface area contributed by atoms with Crippen LogP contribution in [-0.4, -0.2) is 50.9 Å². The summed E-state index contributed by atoms with van der Waals surface area (Å²) in [7, 11) is 4.14. The number of ether oxygens (including phenoxy) is 3. The third-order valence-electron chi connectivity index (χ3n) is 2.99. The predicted octanol–water partition coefficient (Wildman–Crippen LogP) is 0.0396. The normalized spacial score (nSPS) is 12.5. The Morgan fingerprint density at radius 2 is 1.95 bits per heavy atom. The van der Waals surface area contributed by atoms with Crippen molar-refractivity contribution in [2.75, 3.05) is 34.5 Å². The smallest absolute Gasteiger partial charge is 0.343 e. The van der Waals surface area contributed by atoms with Gasteiger partial charge in [-0.1, -0.05) is 0 Å². The van der Waals surface area contributed by atoms with Crippen molar-refractivity contribution in [1.82, 2.24) is 9.88 Å². The Labute approximate surface area is 128 Å². The molecule has 1 aliphatic rings. The molecule has 8 heteroatoms. The molecule has 1 aromatic heterocycles. The van der Waals surface area contributed by atoms with E-state index in [0.29, 0.717) is 13.1 Å². The number of carbonyl (C=O) groups is 2. The summed E-state index contributed by atoms with van der Waals surface area (Å²) >= 11 is 0. The molecule has 2 rings (SSSR count). The van der Waals surface area contributed by atoms with Crippen LogP contribution in [-0.2, 0) is 16.0 Å². The molecule has 1 amide bonds. The van der Waals surface area contributed by atoms with Crippen molar-refractivity contribution in [2.45, 2.75) is 13.5 Å². The first-order valence-corrected chi connectivity index (χ1v) is 6.68. The minimum Gasteiger partial charge on any atom is -0.491 e. The van der Waals surface area contributed by atoms with E-state index >= 15 is 0 Å². The van der Waals surface area contributed by atoms with Gasteiger partial charge in [-0.15, -0.1) is 0 Å². The van der Waals surface area contributed by atoms with Crippen molar-refractivity contribution in [1.29, 1.82) is 0 Å². The molecule has 22 heavy (non-hydrogen) atoms. The lowest BCUT2D eigenvalue weighted by molar-refractivity contribution is 0.0596. The van der Waals surface area contributed by atoms with E-state index in [1.54, 1.807) is 7.11 Å². The zero-order valence-corrected chi connectivity index (χ0v) is 13.1. The Morgan fingerprint density at radius 1 is 1.32 bits per heavy atom. The van der Waals surface area contributed by atoms with Gasteiger partial charge in [-0.2, -0.15) is 0 Å². The van der Waals surface area contributed by atoms with Crippen molar-refractivity contribution in [3.63, 3.8) is 0 Å².